The Morgan fingerprint density at radius 2 is 1.85 bits per heavy atom. The van der Waals surface area contributed by atoms with Gasteiger partial charge in [0.05, 0.1) is 16.9 Å². The van der Waals surface area contributed by atoms with Gasteiger partial charge >= 0.3 is 0 Å². The first-order valence-corrected chi connectivity index (χ1v) is 15.5. The first kappa shape index (κ1) is 28.7. The summed E-state index contributed by atoms with van der Waals surface area (Å²) in [6.07, 6.45) is 2.36. The average Bonchev–Trinajstić information content (AvgIpc) is 3.15. The van der Waals surface area contributed by atoms with Gasteiger partial charge in [-0.05, 0) is 61.3 Å². The Morgan fingerprint density at radius 3 is 2.59 bits per heavy atom. The minimum atomic E-state index is -3.83. The molecule has 0 radical (unpaired) electrons. The summed E-state index contributed by atoms with van der Waals surface area (Å²) in [5.41, 5.74) is 0.120. The van der Waals surface area contributed by atoms with Gasteiger partial charge in [-0.2, -0.15) is 9.57 Å². The average molecular weight is 567 g/mol. The number of carbonyl (C=O) groups excluding carboxylic acids is 2. The third kappa shape index (κ3) is 7.24. The lowest BCUT2D eigenvalue weighted by molar-refractivity contribution is -0.129. The van der Waals surface area contributed by atoms with E-state index in [1.54, 1.807) is 23.5 Å². The summed E-state index contributed by atoms with van der Waals surface area (Å²) in [7, 11) is -3.83. The third-order valence-electron chi connectivity index (χ3n) is 6.83. The second-order valence-electron chi connectivity index (χ2n) is 10.3. The first-order chi connectivity index (χ1) is 18.7. The molecule has 2 aromatic carbocycles. The summed E-state index contributed by atoms with van der Waals surface area (Å²) in [5.74, 6) is -0.249. The molecule has 1 aromatic heterocycles. The normalized spacial score (nSPS) is 17.3. The molecular formula is C29H34N4O4S2. The van der Waals surface area contributed by atoms with Gasteiger partial charge in [0.1, 0.15) is 12.1 Å². The molecule has 8 nitrogen and oxygen atoms in total. The van der Waals surface area contributed by atoms with Crippen molar-refractivity contribution in [1.82, 2.24) is 14.9 Å². The molecule has 1 saturated heterocycles. The number of carbonyl (C=O) groups is 2. The second-order valence-corrected chi connectivity index (χ2v) is 13.4. The van der Waals surface area contributed by atoms with Crippen molar-refractivity contribution in [3.8, 4) is 6.07 Å². The van der Waals surface area contributed by atoms with E-state index in [2.05, 4.69) is 10.6 Å². The van der Waals surface area contributed by atoms with Gasteiger partial charge in [-0.3, -0.25) is 9.59 Å². The topological polar surface area (TPSA) is 119 Å². The number of benzene rings is 2. The summed E-state index contributed by atoms with van der Waals surface area (Å²) >= 11 is 1.58. The van der Waals surface area contributed by atoms with Crippen LogP contribution in [0.5, 0.6) is 0 Å². The van der Waals surface area contributed by atoms with Crippen molar-refractivity contribution in [2.45, 2.75) is 62.9 Å². The maximum Gasteiger partial charge on any atom is 0.244 e. The highest BCUT2D eigenvalue weighted by Crippen LogP contribution is 2.26. The van der Waals surface area contributed by atoms with Crippen molar-refractivity contribution >= 4 is 43.3 Å². The lowest BCUT2D eigenvalue weighted by Crippen LogP contribution is -2.50. The van der Waals surface area contributed by atoms with Crippen molar-refractivity contribution < 1.29 is 18.0 Å². The Kier molecular flexibility index (Phi) is 9.38. The van der Waals surface area contributed by atoms with Gasteiger partial charge in [0.15, 0.2) is 0 Å². The fourth-order valence-electron chi connectivity index (χ4n) is 4.91. The number of thiophene rings is 1. The van der Waals surface area contributed by atoms with Crippen molar-refractivity contribution in [3.05, 3.63) is 65.0 Å². The Balaban J connectivity index is 1.37. The van der Waals surface area contributed by atoms with E-state index in [4.69, 9.17) is 0 Å². The summed E-state index contributed by atoms with van der Waals surface area (Å²) in [6, 6.07) is 17.3. The number of fused-ring (bicyclic) bond motifs is 1. The highest BCUT2D eigenvalue weighted by atomic mass is 32.2. The number of sulfonamides is 1. The molecule has 4 rings (SSSR count). The molecule has 0 bridgehead atoms. The van der Waals surface area contributed by atoms with Crippen molar-refractivity contribution in [2.75, 3.05) is 13.1 Å². The first-order valence-electron chi connectivity index (χ1n) is 13.2. The van der Waals surface area contributed by atoms with Gasteiger partial charge in [-0.1, -0.05) is 44.2 Å². The lowest BCUT2D eigenvalue weighted by atomic mass is 10.0. The van der Waals surface area contributed by atoms with Gasteiger partial charge in [0.2, 0.25) is 21.8 Å². The third-order valence-corrected chi connectivity index (χ3v) is 9.90. The number of hydrogen-bond donors (Lipinski definition) is 2. The maximum atomic E-state index is 13.3. The molecule has 1 fully saturated rings. The Hall–Kier alpha value is -3.26. The summed E-state index contributed by atoms with van der Waals surface area (Å²) in [6.45, 7) is 4.56. The second kappa shape index (κ2) is 12.7. The zero-order chi connectivity index (χ0) is 28.0. The van der Waals surface area contributed by atoms with Crippen LogP contribution in [-0.2, 0) is 26.0 Å². The Bertz CT molecular complexity index is 1440. The van der Waals surface area contributed by atoms with Gasteiger partial charge in [-0.15, -0.1) is 11.3 Å². The number of nitrogens with zero attached hydrogens (tertiary/aromatic N) is 2. The molecule has 206 valence electrons. The van der Waals surface area contributed by atoms with Crippen LogP contribution >= 0.6 is 11.3 Å². The van der Waals surface area contributed by atoms with E-state index >= 15 is 0 Å². The highest BCUT2D eigenvalue weighted by Gasteiger charge is 2.31. The van der Waals surface area contributed by atoms with Crippen LogP contribution in [-0.4, -0.2) is 49.7 Å². The van der Waals surface area contributed by atoms with E-state index in [1.165, 1.54) is 16.4 Å². The SMILES string of the molecule is CC(C)C[C@H](NC(=O)Cc1cc2ccccc2s1)C(=O)NC1CCCN(S(=O)(=O)c2ccccc2C#N)CC1. The Morgan fingerprint density at radius 1 is 1.10 bits per heavy atom. The van der Waals surface area contributed by atoms with Crippen LogP contribution in [0.25, 0.3) is 10.1 Å². The summed E-state index contributed by atoms with van der Waals surface area (Å²) in [4.78, 5) is 27.1. The molecule has 2 N–H and O–H groups in total. The van der Waals surface area contributed by atoms with Crippen LogP contribution in [0.2, 0.25) is 0 Å². The molecular weight excluding hydrogens is 532 g/mol. The highest BCUT2D eigenvalue weighted by molar-refractivity contribution is 7.89. The van der Waals surface area contributed by atoms with Gasteiger partial charge in [0, 0.05) is 28.7 Å². The number of nitrogens with one attached hydrogen (secondary N) is 2. The molecule has 0 aliphatic carbocycles. The number of amides is 2. The fraction of sp³-hybridized carbons (Fsp3) is 0.414. The molecule has 1 aliphatic heterocycles. The zero-order valence-corrected chi connectivity index (χ0v) is 23.9. The van der Waals surface area contributed by atoms with Crippen molar-refractivity contribution in [1.29, 1.82) is 5.26 Å². The molecule has 2 amide bonds. The number of rotatable bonds is 9. The molecule has 2 heterocycles. The molecule has 2 atom stereocenters. The molecule has 3 aromatic rings. The predicted molar refractivity (Wildman–Crippen MR) is 153 cm³/mol. The standard InChI is InChI=1S/C29H34N4O4S2/c1-20(2)16-25(32-28(34)18-24-17-21-8-3-5-11-26(21)38-24)29(35)31-23-10-7-14-33(15-13-23)39(36,37)27-12-6-4-9-22(27)19-30/h3-6,8-9,11-12,17,20,23,25H,7,10,13-16,18H2,1-2H3,(H,31,35)(H,32,34)/t23?,25-/m0/s1. The van der Waals surface area contributed by atoms with Crippen LogP contribution in [0, 0.1) is 17.2 Å². The largest absolute Gasteiger partial charge is 0.352 e. The van der Waals surface area contributed by atoms with Crippen LogP contribution in [0.3, 0.4) is 0 Å². The van der Waals surface area contributed by atoms with Crippen molar-refractivity contribution in [2.24, 2.45) is 5.92 Å². The number of nitriles is 1. The van der Waals surface area contributed by atoms with Crippen LogP contribution in [0.15, 0.2) is 59.5 Å². The lowest BCUT2D eigenvalue weighted by Gasteiger charge is -2.24. The van der Waals surface area contributed by atoms with Crippen LogP contribution < -0.4 is 10.6 Å². The van der Waals surface area contributed by atoms with Crippen LogP contribution in [0.1, 0.15) is 50.0 Å². The Labute approximate surface area is 234 Å². The minimum Gasteiger partial charge on any atom is -0.352 e. The van der Waals surface area contributed by atoms with E-state index < -0.39 is 16.1 Å². The smallest absolute Gasteiger partial charge is 0.244 e. The van der Waals surface area contributed by atoms with E-state index in [0.29, 0.717) is 32.2 Å². The van der Waals surface area contributed by atoms with Gasteiger partial charge in [-0.25, -0.2) is 8.42 Å². The zero-order valence-electron chi connectivity index (χ0n) is 22.2. The monoisotopic (exact) mass is 566 g/mol. The number of hydrogen-bond acceptors (Lipinski definition) is 6. The van der Waals surface area contributed by atoms with E-state index in [-0.39, 0.29) is 47.2 Å². The molecule has 0 saturated carbocycles. The molecule has 10 heteroatoms. The molecule has 1 aliphatic rings. The quantitative estimate of drug-likeness (QED) is 0.402. The molecule has 39 heavy (non-hydrogen) atoms. The van der Waals surface area contributed by atoms with E-state index in [1.807, 2.05) is 50.2 Å². The molecule has 1 unspecified atom stereocenters. The fourth-order valence-corrected chi connectivity index (χ4v) is 7.61. The van der Waals surface area contributed by atoms with Gasteiger partial charge in [0.25, 0.3) is 0 Å². The van der Waals surface area contributed by atoms with Crippen molar-refractivity contribution in [3.63, 3.8) is 0 Å². The summed E-state index contributed by atoms with van der Waals surface area (Å²) < 4.78 is 29.0. The predicted octanol–water partition coefficient (Wildman–Crippen LogP) is 4.21. The molecule has 0 spiro atoms. The maximum absolute atomic E-state index is 13.3. The van der Waals surface area contributed by atoms with Crippen LogP contribution in [0.4, 0.5) is 0 Å². The minimum absolute atomic E-state index is 0.00772. The van der Waals surface area contributed by atoms with E-state index in [0.717, 1.165) is 15.0 Å². The summed E-state index contributed by atoms with van der Waals surface area (Å²) in [5, 5.41) is 16.5. The van der Waals surface area contributed by atoms with Gasteiger partial charge < -0.3 is 10.6 Å². The van der Waals surface area contributed by atoms with E-state index in [9.17, 15) is 23.3 Å².